The average Bonchev–Trinajstić information content (AvgIpc) is 2.63. The van der Waals surface area contributed by atoms with Crippen molar-refractivity contribution in [2.24, 2.45) is 5.92 Å². The van der Waals surface area contributed by atoms with Gasteiger partial charge in [-0.3, -0.25) is 14.7 Å². The maximum atomic E-state index is 12.4. The molecular formula is C19H23N3O2. The summed E-state index contributed by atoms with van der Waals surface area (Å²) in [6, 6.07) is 13.2. The Balaban J connectivity index is 1.64. The molecule has 5 nitrogen and oxygen atoms in total. The molecule has 0 unspecified atom stereocenters. The number of carbonyl (C=O) groups is 1. The SMILES string of the molecule is O=C(N[C@@H]1CN(Cc2cccnc2)CC[C@@H]1CO)c1ccccc1. The summed E-state index contributed by atoms with van der Waals surface area (Å²) in [5, 5.41) is 12.7. The maximum Gasteiger partial charge on any atom is 0.251 e. The molecule has 2 atom stereocenters. The largest absolute Gasteiger partial charge is 0.396 e. The van der Waals surface area contributed by atoms with Crippen molar-refractivity contribution in [3.05, 3.63) is 66.0 Å². The third kappa shape index (κ3) is 4.19. The molecule has 126 valence electrons. The molecule has 1 fully saturated rings. The minimum atomic E-state index is -0.0812. The van der Waals surface area contributed by atoms with Crippen LogP contribution in [0.15, 0.2) is 54.9 Å². The zero-order valence-corrected chi connectivity index (χ0v) is 13.6. The van der Waals surface area contributed by atoms with Gasteiger partial charge in [-0.15, -0.1) is 0 Å². The first-order valence-electron chi connectivity index (χ1n) is 8.34. The van der Waals surface area contributed by atoms with Crippen LogP contribution in [-0.4, -0.2) is 46.6 Å². The number of benzene rings is 1. The zero-order chi connectivity index (χ0) is 16.8. The minimum Gasteiger partial charge on any atom is -0.396 e. The molecule has 5 heteroatoms. The number of carbonyl (C=O) groups excluding carboxylic acids is 1. The molecular weight excluding hydrogens is 302 g/mol. The van der Waals surface area contributed by atoms with Crippen LogP contribution in [0.2, 0.25) is 0 Å². The van der Waals surface area contributed by atoms with E-state index in [1.807, 2.05) is 30.5 Å². The van der Waals surface area contributed by atoms with E-state index < -0.39 is 0 Å². The highest BCUT2D eigenvalue weighted by molar-refractivity contribution is 5.94. The highest BCUT2D eigenvalue weighted by atomic mass is 16.3. The van der Waals surface area contributed by atoms with Gasteiger partial charge in [0.2, 0.25) is 0 Å². The molecule has 1 aliphatic rings. The lowest BCUT2D eigenvalue weighted by Crippen LogP contribution is -2.53. The Hall–Kier alpha value is -2.24. The fourth-order valence-electron chi connectivity index (χ4n) is 3.18. The van der Waals surface area contributed by atoms with Crippen molar-refractivity contribution in [1.29, 1.82) is 0 Å². The number of aliphatic hydroxyl groups is 1. The van der Waals surface area contributed by atoms with Gasteiger partial charge in [0.05, 0.1) is 0 Å². The van der Waals surface area contributed by atoms with Crippen LogP contribution in [0.5, 0.6) is 0 Å². The van der Waals surface area contributed by atoms with E-state index in [1.165, 1.54) is 0 Å². The van der Waals surface area contributed by atoms with Crippen molar-refractivity contribution in [2.45, 2.75) is 19.0 Å². The number of pyridine rings is 1. The number of piperidine rings is 1. The Kier molecular flexibility index (Phi) is 5.56. The highest BCUT2D eigenvalue weighted by Gasteiger charge is 2.30. The monoisotopic (exact) mass is 325 g/mol. The van der Waals surface area contributed by atoms with Gasteiger partial charge in [-0.05, 0) is 36.7 Å². The number of aromatic nitrogens is 1. The topological polar surface area (TPSA) is 65.5 Å². The Morgan fingerprint density at radius 2 is 2.08 bits per heavy atom. The van der Waals surface area contributed by atoms with E-state index in [2.05, 4.69) is 21.3 Å². The number of nitrogens with one attached hydrogen (secondary N) is 1. The third-order valence-corrected chi connectivity index (χ3v) is 4.56. The van der Waals surface area contributed by atoms with E-state index in [9.17, 15) is 9.90 Å². The number of amides is 1. The van der Waals surface area contributed by atoms with Gasteiger partial charge in [0, 0.05) is 49.6 Å². The predicted molar refractivity (Wildman–Crippen MR) is 92.4 cm³/mol. The molecule has 0 saturated carbocycles. The van der Waals surface area contributed by atoms with Crippen LogP contribution in [0.25, 0.3) is 0 Å². The van der Waals surface area contributed by atoms with Gasteiger partial charge in [-0.25, -0.2) is 0 Å². The summed E-state index contributed by atoms with van der Waals surface area (Å²) in [7, 11) is 0. The van der Waals surface area contributed by atoms with Gasteiger partial charge in [-0.1, -0.05) is 24.3 Å². The third-order valence-electron chi connectivity index (χ3n) is 4.56. The number of aliphatic hydroxyl groups excluding tert-OH is 1. The predicted octanol–water partition coefficient (Wildman–Crippen LogP) is 1.69. The molecule has 1 saturated heterocycles. The summed E-state index contributed by atoms with van der Waals surface area (Å²) in [5.41, 5.74) is 1.81. The van der Waals surface area contributed by atoms with E-state index in [0.717, 1.165) is 31.6 Å². The fourth-order valence-corrected chi connectivity index (χ4v) is 3.18. The van der Waals surface area contributed by atoms with Gasteiger partial charge in [0.25, 0.3) is 5.91 Å². The Morgan fingerprint density at radius 3 is 2.79 bits per heavy atom. The van der Waals surface area contributed by atoms with E-state index in [1.54, 1.807) is 18.3 Å². The lowest BCUT2D eigenvalue weighted by molar-refractivity contribution is 0.0730. The van der Waals surface area contributed by atoms with Crippen molar-refractivity contribution in [3.8, 4) is 0 Å². The van der Waals surface area contributed by atoms with Gasteiger partial charge in [-0.2, -0.15) is 0 Å². The van der Waals surface area contributed by atoms with Crippen LogP contribution in [-0.2, 0) is 6.54 Å². The smallest absolute Gasteiger partial charge is 0.251 e. The molecule has 2 aromatic rings. The van der Waals surface area contributed by atoms with Crippen molar-refractivity contribution in [3.63, 3.8) is 0 Å². The Bertz CT molecular complexity index is 648. The number of nitrogens with zero attached hydrogens (tertiary/aromatic N) is 2. The summed E-state index contributed by atoms with van der Waals surface area (Å²) in [5.74, 6) is 0.0186. The van der Waals surface area contributed by atoms with Crippen LogP contribution < -0.4 is 5.32 Å². The van der Waals surface area contributed by atoms with Crippen LogP contribution in [0.4, 0.5) is 0 Å². The molecule has 1 amide bonds. The molecule has 0 aliphatic carbocycles. The quantitative estimate of drug-likeness (QED) is 0.878. The lowest BCUT2D eigenvalue weighted by atomic mass is 9.91. The summed E-state index contributed by atoms with van der Waals surface area (Å²) in [6.45, 7) is 2.56. The fraction of sp³-hybridized carbons (Fsp3) is 0.368. The summed E-state index contributed by atoms with van der Waals surface area (Å²) in [4.78, 5) is 18.9. The first kappa shape index (κ1) is 16.6. The van der Waals surface area contributed by atoms with Crippen molar-refractivity contribution < 1.29 is 9.90 Å². The van der Waals surface area contributed by atoms with Crippen molar-refractivity contribution >= 4 is 5.91 Å². The average molecular weight is 325 g/mol. The van der Waals surface area contributed by atoms with Crippen molar-refractivity contribution in [2.75, 3.05) is 19.7 Å². The standard InChI is InChI=1S/C19H23N3O2/c23-14-17-8-10-22(12-15-5-4-9-20-11-15)13-18(17)21-19(24)16-6-2-1-3-7-16/h1-7,9,11,17-18,23H,8,10,12-14H2,(H,21,24)/t17-,18-/m1/s1. The molecule has 0 spiro atoms. The van der Waals surface area contributed by atoms with Gasteiger partial charge in [0.1, 0.15) is 0 Å². The number of hydrogen-bond donors (Lipinski definition) is 2. The zero-order valence-electron chi connectivity index (χ0n) is 13.6. The van der Waals surface area contributed by atoms with Gasteiger partial charge in [0.15, 0.2) is 0 Å². The van der Waals surface area contributed by atoms with E-state index in [4.69, 9.17) is 0 Å². The molecule has 2 N–H and O–H groups in total. The van der Waals surface area contributed by atoms with E-state index in [-0.39, 0.29) is 24.5 Å². The van der Waals surface area contributed by atoms with Crippen LogP contribution in [0.1, 0.15) is 22.3 Å². The molecule has 24 heavy (non-hydrogen) atoms. The normalized spacial score (nSPS) is 21.4. The van der Waals surface area contributed by atoms with Crippen LogP contribution in [0, 0.1) is 5.92 Å². The molecule has 1 aromatic carbocycles. The molecule has 3 rings (SSSR count). The van der Waals surface area contributed by atoms with E-state index in [0.29, 0.717) is 5.56 Å². The number of hydrogen-bond acceptors (Lipinski definition) is 4. The number of likely N-dealkylation sites (tertiary alicyclic amines) is 1. The minimum absolute atomic E-state index is 0.0480. The first-order valence-corrected chi connectivity index (χ1v) is 8.34. The van der Waals surface area contributed by atoms with Gasteiger partial charge < -0.3 is 10.4 Å². The van der Waals surface area contributed by atoms with Crippen LogP contribution >= 0.6 is 0 Å². The summed E-state index contributed by atoms with van der Waals surface area (Å²) in [6.07, 6.45) is 4.51. The molecule has 0 bridgehead atoms. The summed E-state index contributed by atoms with van der Waals surface area (Å²) < 4.78 is 0. The second-order valence-electron chi connectivity index (χ2n) is 6.27. The highest BCUT2D eigenvalue weighted by Crippen LogP contribution is 2.19. The second-order valence-corrected chi connectivity index (χ2v) is 6.27. The van der Waals surface area contributed by atoms with Gasteiger partial charge >= 0.3 is 0 Å². The van der Waals surface area contributed by atoms with Crippen LogP contribution in [0.3, 0.4) is 0 Å². The maximum absolute atomic E-state index is 12.4. The van der Waals surface area contributed by atoms with Crippen molar-refractivity contribution in [1.82, 2.24) is 15.2 Å². The molecule has 1 aromatic heterocycles. The second kappa shape index (κ2) is 8.04. The molecule has 2 heterocycles. The Labute approximate surface area is 142 Å². The van der Waals surface area contributed by atoms with E-state index >= 15 is 0 Å². The Morgan fingerprint density at radius 1 is 1.25 bits per heavy atom. The summed E-state index contributed by atoms with van der Waals surface area (Å²) >= 11 is 0. The lowest BCUT2D eigenvalue weighted by Gasteiger charge is -2.38. The molecule has 0 radical (unpaired) electrons. The molecule has 1 aliphatic heterocycles. The first-order chi connectivity index (χ1) is 11.8. The number of rotatable bonds is 5.